The molecule has 5 nitrogen and oxygen atoms in total. The molecular weight excluding hydrogens is 224 g/mol. The van der Waals surface area contributed by atoms with Gasteiger partial charge < -0.3 is 24.4 Å². The summed E-state index contributed by atoms with van der Waals surface area (Å²) in [6, 6.07) is 9.45. The van der Waals surface area contributed by atoms with Gasteiger partial charge in [0.05, 0.1) is 13.2 Å². The summed E-state index contributed by atoms with van der Waals surface area (Å²) in [5, 5.41) is 17.7. The number of benzene rings is 1. The van der Waals surface area contributed by atoms with E-state index in [1.165, 1.54) is 0 Å². The predicted molar refractivity (Wildman–Crippen MR) is 59.6 cm³/mol. The van der Waals surface area contributed by atoms with E-state index in [9.17, 15) is 0 Å². The van der Waals surface area contributed by atoms with Crippen LogP contribution in [0.1, 0.15) is 0 Å². The molecule has 1 heterocycles. The third-order valence-corrected chi connectivity index (χ3v) is 2.36. The number of ether oxygens (including phenoxy) is 3. The minimum atomic E-state index is -0.852. The molecule has 1 aromatic rings. The van der Waals surface area contributed by atoms with Crippen molar-refractivity contribution in [2.24, 2.45) is 0 Å². The Bertz CT molecular complexity index is 329. The van der Waals surface area contributed by atoms with Gasteiger partial charge in [0.2, 0.25) is 0 Å². The lowest BCUT2D eigenvalue weighted by atomic mass is 10.3. The zero-order chi connectivity index (χ0) is 12.1. The summed E-state index contributed by atoms with van der Waals surface area (Å²) < 4.78 is 15.9. The standard InChI is InChI=1S/C12H16O5/c13-6-9(14)7-16-12-11(17-12)8-15-10-4-2-1-3-5-10/h1-5,9,11-14H,6-8H2. The number of aliphatic hydroxyl groups is 2. The molecule has 2 N–H and O–H groups in total. The summed E-state index contributed by atoms with van der Waals surface area (Å²) in [6.07, 6.45) is -1.28. The molecule has 0 aromatic heterocycles. The molecule has 1 fully saturated rings. The fourth-order valence-corrected chi connectivity index (χ4v) is 1.35. The number of para-hydroxylation sites is 1. The van der Waals surface area contributed by atoms with E-state index < -0.39 is 6.10 Å². The number of hydrogen-bond donors (Lipinski definition) is 2. The van der Waals surface area contributed by atoms with E-state index in [-0.39, 0.29) is 25.6 Å². The van der Waals surface area contributed by atoms with Crippen molar-refractivity contribution in [3.63, 3.8) is 0 Å². The zero-order valence-corrected chi connectivity index (χ0v) is 9.36. The first kappa shape index (κ1) is 12.3. The van der Waals surface area contributed by atoms with E-state index >= 15 is 0 Å². The lowest BCUT2D eigenvalue weighted by Crippen LogP contribution is -2.21. The SMILES string of the molecule is OCC(O)COC1OC1COc1ccccc1. The fraction of sp³-hybridized carbons (Fsp3) is 0.500. The quantitative estimate of drug-likeness (QED) is 0.664. The first-order chi connectivity index (χ1) is 8.29. The van der Waals surface area contributed by atoms with E-state index in [1.807, 2.05) is 30.3 Å². The molecule has 3 unspecified atom stereocenters. The van der Waals surface area contributed by atoms with Gasteiger partial charge in [-0.05, 0) is 12.1 Å². The second-order valence-corrected chi connectivity index (χ2v) is 3.84. The smallest absolute Gasteiger partial charge is 0.188 e. The van der Waals surface area contributed by atoms with Gasteiger partial charge in [-0.3, -0.25) is 0 Å². The molecule has 1 aliphatic heterocycles. The Labute approximate surface area is 99.5 Å². The molecule has 1 aliphatic rings. The molecule has 0 amide bonds. The van der Waals surface area contributed by atoms with Crippen LogP contribution in [0.4, 0.5) is 0 Å². The summed E-state index contributed by atoms with van der Waals surface area (Å²) in [6.45, 7) is 0.185. The van der Waals surface area contributed by atoms with Crippen molar-refractivity contribution < 1.29 is 24.4 Å². The van der Waals surface area contributed by atoms with Crippen molar-refractivity contribution in [1.82, 2.24) is 0 Å². The summed E-state index contributed by atoms with van der Waals surface area (Å²) in [7, 11) is 0. The van der Waals surface area contributed by atoms with Gasteiger partial charge in [-0.25, -0.2) is 0 Å². The Morgan fingerprint density at radius 2 is 2.06 bits per heavy atom. The van der Waals surface area contributed by atoms with Crippen LogP contribution in [0.5, 0.6) is 5.75 Å². The molecule has 0 spiro atoms. The fourth-order valence-electron chi connectivity index (χ4n) is 1.35. The highest BCUT2D eigenvalue weighted by Gasteiger charge is 2.41. The first-order valence-electron chi connectivity index (χ1n) is 5.53. The van der Waals surface area contributed by atoms with Crippen LogP contribution >= 0.6 is 0 Å². The van der Waals surface area contributed by atoms with Crippen LogP contribution in [0.2, 0.25) is 0 Å². The van der Waals surface area contributed by atoms with Crippen molar-refractivity contribution in [3.8, 4) is 5.75 Å². The molecule has 0 bridgehead atoms. The maximum absolute atomic E-state index is 9.07. The van der Waals surface area contributed by atoms with Crippen molar-refractivity contribution in [1.29, 1.82) is 0 Å². The molecular formula is C12H16O5. The zero-order valence-electron chi connectivity index (χ0n) is 9.36. The Hall–Kier alpha value is -1.14. The molecule has 2 rings (SSSR count). The number of hydrogen-bond acceptors (Lipinski definition) is 5. The summed E-state index contributed by atoms with van der Waals surface area (Å²) >= 11 is 0. The van der Waals surface area contributed by atoms with Crippen molar-refractivity contribution in [2.45, 2.75) is 18.5 Å². The van der Waals surface area contributed by atoms with Gasteiger partial charge in [-0.2, -0.15) is 0 Å². The number of rotatable bonds is 7. The van der Waals surface area contributed by atoms with Crippen molar-refractivity contribution >= 4 is 0 Å². The van der Waals surface area contributed by atoms with Crippen LogP contribution in [0.25, 0.3) is 0 Å². The van der Waals surface area contributed by atoms with Gasteiger partial charge in [0.25, 0.3) is 0 Å². The Morgan fingerprint density at radius 1 is 1.29 bits per heavy atom. The largest absolute Gasteiger partial charge is 0.491 e. The third-order valence-electron chi connectivity index (χ3n) is 2.36. The van der Waals surface area contributed by atoms with Gasteiger partial charge in [0, 0.05) is 0 Å². The van der Waals surface area contributed by atoms with Crippen LogP contribution in [0.15, 0.2) is 30.3 Å². The molecule has 3 atom stereocenters. The molecule has 1 saturated heterocycles. The lowest BCUT2D eigenvalue weighted by Gasteiger charge is -2.06. The summed E-state index contributed by atoms with van der Waals surface area (Å²) in [5.41, 5.74) is 0. The van der Waals surface area contributed by atoms with Crippen LogP contribution in [0, 0.1) is 0 Å². The molecule has 5 heteroatoms. The van der Waals surface area contributed by atoms with E-state index in [0.717, 1.165) is 5.75 Å². The highest BCUT2D eigenvalue weighted by molar-refractivity contribution is 5.21. The normalized spacial score (nSPS) is 24.4. The van der Waals surface area contributed by atoms with Gasteiger partial charge in [0.15, 0.2) is 6.29 Å². The minimum absolute atomic E-state index is 0.0724. The Morgan fingerprint density at radius 3 is 2.76 bits per heavy atom. The average molecular weight is 240 g/mol. The maximum atomic E-state index is 9.07. The molecule has 0 aliphatic carbocycles. The predicted octanol–water partition coefficient (Wildman–Crippen LogP) is 0.160. The summed E-state index contributed by atoms with van der Waals surface area (Å²) in [5.74, 6) is 0.789. The van der Waals surface area contributed by atoms with Gasteiger partial charge >= 0.3 is 0 Å². The second-order valence-electron chi connectivity index (χ2n) is 3.84. The molecule has 17 heavy (non-hydrogen) atoms. The number of epoxide rings is 1. The van der Waals surface area contributed by atoms with Gasteiger partial charge in [-0.15, -0.1) is 0 Å². The van der Waals surface area contributed by atoms with Crippen molar-refractivity contribution in [2.75, 3.05) is 19.8 Å². The van der Waals surface area contributed by atoms with Crippen LogP contribution in [-0.2, 0) is 9.47 Å². The van der Waals surface area contributed by atoms with E-state index in [1.54, 1.807) is 0 Å². The van der Waals surface area contributed by atoms with Crippen molar-refractivity contribution in [3.05, 3.63) is 30.3 Å². The maximum Gasteiger partial charge on any atom is 0.188 e. The average Bonchev–Trinajstić information content (AvgIpc) is 3.13. The second kappa shape index (κ2) is 5.97. The third kappa shape index (κ3) is 3.98. The topological polar surface area (TPSA) is 71.5 Å². The monoisotopic (exact) mass is 240 g/mol. The lowest BCUT2D eigenvalue weighted by molar-refractivity contribution is -0.0276. The molecule has 0 saturated carbocycles. The number of aliphatic hydroxyl groups excluding tert-OH is 2. The van der Waals surface area contributed by atoms with Crippen LogP contribution in [-0.4, -0.2) is 48.5 Å². The minimum Gasteiger partial charge on any atom is -0.491 e. The van der Waals surface area contributed by atoms with Gasteiger partial charge in [0.1, 0.15) is 24.6 Å². The van der Waals surface area contributed by atoms with E-state index in [0.29, 0.717) is 6.61 Å². The molecule has 94 valence electrons. The Kier molecular flexibility index (Phi) is 4.33. The van der Waals surface area contributed by atoms with Crippen LogP contribution < -0.4 is 4.74 Å². The first-order valence-corrected chi connectivity index (χ1v) is 5.53. The van der Waals surface area contributed by atoms with Gasteiger partial charge in [-0.1, -0.05) is 18.2 Å². The highest BCUT2D eigenvalue weighted by Crippen LogP contribution is 2.24. The molecule has 1 aromatic carbocycles. The van der Waals surface area contributed by atoms with Crippen LogP contribution in [0.3, 0.4) is 0 Å². The summed E-state index contributed by atoms with van der Waals surface area (Å²) in [4.78, 5) is 0. The van der Waals surface area contributed by atoms with E-state index in [2.05, 4.69) is 0 Å². The highest BCUT2D eigenvalue weighted by atomic mass is 16.8. The molecule has 0 radical (unpaired) electrons. The van der Waals surface area contributed by atoms with E-state index in [4.69, 9.17) is 24.4 Å². The Balaban J connectivity index is 1.60.